The number of rotatable bonds is 4. The van der Waals surface area contributed by atoms with Crippen LogP contribution < -0.4 is 5.32 Å². The summed E-state index contributed by atoms with van der Waals surface area (Å²) in [6.07, 6.45) is 6.24. The second-order valence-electron chi connectivity index (χ2n) is 5.10. The first-order valence-corrected chi connectivity index (χ1v) is 8.87. The van der Waals surface area contributed by atoms with Crippen LogP contribution >= 0.6 is 27.7 Å². The molecule has 1 fully saturated rings. The van der Waals surface area contributed by atoms with Crippen molar-refractivity contribution < 1.29 is 9.72 Å². The normalized spacial score (nSPS) is 21.8. The van der Waals surface area contributed by atoms with Crippen LogP contribution in [-0.2, 0) is 0 Å². The molecule has 1 N–H and O–H groups in total. The van der Waals surface area contributed by atoms with E-state index in [0.717, 1.165) is 25.7 Å². The van der Waals surface area contributed by atoms with Crippen molar-refractivity contribution in [3.63, 3.8) is 0 Å². The van der Waals surface area contributed by atoms with Gasteiger partial charge in [0.05, 0.1) is 10.5 Å². The number of nitro groups is 1. The van der Waals surface area contributed by atoms with Crippen molar-refractivity contribution >= 4 is 39.3 Å². The molecule has 21 heavy (non-hydrogen) atoms. The van der Waals surface area contributed by atoms with Gasteiger partial charge in [-0.05, 0) is 53.9 Å². The fourth-order valence-corrected chi connectivity index (χ4v) is 3.68. The quantitative estimate of drug-likeness (QED) is 0.644. The fraction of sp³-hybridized carbons (Fsp3) is 0.500. The summed E-state index contributed by atoms with van der Waals surface area (Å²) in [6.45, 7) is 0. The molecule has 0 atom stereocenters. The second-order valence-corrected chi connectivity index (χ2v) is 7.10. The molecule has 0 heterocycles. The van der Waals surface area contributed by atoms with E-state index in [1.807, 2.05) is 11.8 Å². The van der Waals surface area contributed by atoms with Crippen LogP contribution in [0.3, 0.4) is 0 Å². The number of carbonyl (C=O) groups excluding carboxylic acids is 1. The SMILES string of the molecule is CSC1CCC(NC(=O)c2cc([N+](=O)[O-])ccc2Br)CC1. The molecular formula is C14H17BrN2O3S. The fourth-order valence-electron chi connectivity index (χ4n) is 2.51. The van der Waals surface area contributed by atoms with Gasteiger partial charge in [-0.3, -0.25) is 14.9 Å². The van der Waals surface area contributed by atoms with Crippen LogP contribution in [0.2, 0.25) is 0 Å². The van der Waals surface area contributed by atoms with Gasteiger partial charge < -0.3 is 5.32 Å². The van der Waals surface area contributed by atoms with Gasteiger partial charge in [-0.25, -0.2) is 0 Å². The Bertz CT molecular complexity index is 545. The van der Waals surface area contributed by atoms with Crippen LogP contribution in [0.15, 0.2) is 22.7 Å². The maximum absolute atomic E-state index is 12.3. The largest absolute Gasteiger partial charge is 0.349 e. The third-order valence-electron chi connectivity index (χ3n) is 3.75. The predicted molar refractivity (Wildman–Crippen MR) is 87.8 cm³/mol. The van der Waals surface area contributed by atoms with E-state index in [0.29, 0.717) is 15.3 Å². The Morgan fingerprint density at radius 3 is 2.62 bits per heavy atom. The number of nitro benzene ring substituents is 1. The van der Waals surface area contributed by atoms with E-state index in [-0.39, 0.29) is 17.6 Å². The Balaban J connectivity index is 2.03. The summed E-state index contributed by atoms with van der Waals surface area (Å²) in [7, 11) is 0. The first kappa shape index (κ1) is 16.3. The summed E-state index contributed by atoms with van der Waals surface area (Å²) >= 11 is 5.15. The highest BCUT2D eigenvalue weighted by Gasteiger charge is 2.23. The monoisotopic (exact) mass is 372 g/mol. The lowest BCUT2D eigenvalue weighted by molar-refractivity contribution is -0.384. The van der Waals surface area contributed by atoms with E-state index in [2.05, 4.69) is 27.5 Å². The summed E-state index contributed by atoms with van der Waals surface area (Å²) in [5, 5.41) is 14.5. The molecule has 7 heteroatoms. The summed E-state index contributed by atoms with van der Waals surface area (Å²) in [5.74, 6) is -0.252. The summed E-state index contributed by atoms with van der Waals surface area (Å²) in [6, 6.07) is 4.39. The Kier molecular flexibility index (Phi) is 5.64. The van der Waals surface area contributed by atoms with Gasteiger partial charge in [0.15, 0.2) is 0 Å². The topological polar surface area (TPSA) is 72.2 Å². The van der Waals surface area contributed by atoms with Crippen LogP contribution in [0.1, 0.15) is 36.0 Å². The third kappa shape index (κ3) is 4.20. The van der Waals surface area contributed by atoms with Gasteiger partial charge in [-0.15, -0.1) is 0 Å². The lowest BCUT2D eigenvalue weighted by atomic mass is 9.94. The smallest absolute Gasteiger partial charge is 0.270 e. The average molecular weight is 373 g/mol. The number of benzene rings is 1. The minimum atomic E-state index is -0.493. The Hall–Kier alpha value is -1.08. The lowest BCUT2D eigenvalue weighted by Gasteiger charge is -2.28. The van der Waals surface area contributed by atoms with Gasteiger partial charge in [-0.1, -0.05) is 0 Å². The minimum absolute atomic E-state index is 0.0746. The zero-order chi connectivity index (χ0) is 15.4. The molecule has 0 radical (unpaired) electrons. The molecule has 0 bridgehead atoms. The Morgan fingerprint density at radius 2 is 2.05 bits per heavy atom. The van der Waals surface area contributed by atoms with E-state index < -0.39 is 4.92 Å². The van der Waals surface area contributed by atoms with E-state index in [4.69, 9.17) is 0 Å². The third-order valence-corrected chi connectivity index (χ3v) is 5.58. The zero-order valence-electron chi connectivity index (χ0n) is 11.7. The molecule has 0 spiro atoms. The maximum Gasteiger partial charge on any atom is 0.270 e. The number of hydrogen-bond donors (Lipinski definition) is 1. The molecule has 1 aliphatic carbocycles. The molecule has 114 valence electrons. The van der Waals surface area contributed by atoms with E-state index in [1.54, 1.807) is 0 Å². The number of non-ortho nitro benzene ring substituents is 1. The molecule has 1 aromatic rings. The Labute approximate surface area is 136 Å². The van der Waals surface area contributed by atoms with Crippen LogP contribution in [0.25, 0.3) is 0 Å². The summed E-state index contributed by atoms with van der Waals surface area (Å²) in [4.78, 5) is 22.6. The van der Waals surface area contributed by atoms with E-state index in [1.165, 1.54) is 18.2 Å². The van der Waals surface area contributed by atoms with Gasteiger partial charge in [-0.2, -0.15) is 11.8 Å². The number of nitrogens with zero attached hydrogens (tertiary/aromatic N) is 1. The van der Waals surface area contributed by atoms with Crippen molar-refractivity contribution in [2.75, 3.05) is 6.26 Å². The zero-order valence-corrected chi connectivity index (χ0v) is 14.1. The lowest BCUT2D eigenvalue weighted by Crippen LogP contribution is -2.38. The maximum atomic E-state index is 12.3. The van der Waals surface area contributed by atoms with Crippen molar-refractivity contribution in [3.8, 4) is 0 Å². The highest BCUT2D eigenvalue weighted by molar-refractivity contribution is 9.10. The predicted octanol–water partition coefficient (Wildman–Crippen LogP) is 3.76. The van der Waals surface area contributed by atoms with Crippen molar-refractivity contribution in [2.24, 2.45) is 0 Å². The highest BCUT2D eigenvalue weighted by atomic mass is 79.9. The van der Waals surface area contributed by atoms with Crippen molar-refractivity contribution in [2.45, 2.75) is 37.0 Å². The summed E-state index contributed by atoms with van der Waals surface area (Å²) in [5.41, 5.74) is 0.241. The molecule has 5 nitrogen and oxygen atoms in total. The molecule has 2 rings (SSSR count). The molecular weight excluding hydrogens is 356 g/mol. The minimum Gasteiger partial charge on any atom is -0.349 e. The molecule has 0 aliphatic heterocycles. The molecule has 0 aromatic heterocycles. The van der Waals surface area contributed by atoms with Gasteiger partial charge in [0.2, 0.25) is 0 Å². The molecule has 1 aliphatic rings. The van der Waals surface area contributed by atoms with Crippen LogP contribution in [0.5, 0.6) is 0 Å². The number of nitrogens with one attached hydrogen (secondary N) is 1. The standard InChI is InChI=1S/C14H17BrN2O3S/c1-21-11-5-2-9(3-6-11)16-14(18)12-8-10(17(19)20)4-7-13(12)15/h4,7-9,11H,2-3,5-6H2,1H3,(H,16,18). The molecule has 1 amide bonds. The van der Waals surface area contributed by atoms with Gasteiger partial charge >= 0.3 is 0 Å². The van der Waals surface area contributed by atoms with Crippen molar-refractivity contribution in [3.05, 3.63) is 38.3 Å². The first-order valence-electron chi connectivity index (χ1n) is 6.79. The number of halogens is 1. The highest BCUT2D eigenvalue weighted by Crippen LogP contribution is 2.28. The van der Waals surface area contributed by atoms with Crippen LogP contribution in [0, 0.1) is 10.1 Å². The van der Waals surface area contributed by atoms with Crippen molar-refractivity contribution in [1.82, 2.24) is 5.32 Å². The van der Waals surface area contributed by atoms with Crippen LogP contribution in [-0.4, -0.2) is 28.4 Å². The number of thioether (sulfide) groups is 1. The summed E-state index contributed by atoms with van der Waals surface area (Å²) < 4.78 is 0.573. The second kappa shape index (κ2) is 7.26. The average Bonchev–Trinajstić information content (AvgIpc) is 2.48. The van der Waals surface area contributed by atoms with Gasteiger partial charge in [0.25, 0.3) is 11.6 Å². The van der Waals surface area contributed by atoms with Crippen LogP contribution in [0.4, 0.5) is 5.69 Å². The van der Waals surface area contributed by atoms with Gasteiger partial charge in [0.1, 0.15) is 0 Å². The number of carbonyl (C=O) groups is 1. The van der Waals surface area contributed by atoms with Gasteiger partial charge in [0, 0.05) is 27.9 Å². The number of amides is 1. The van der Waals surface area contributed by atoms with E-state index in [9.17, 15) is 14.9 Å². The Morgan fingerprint density at radius 1 is 1.38 bits per heavy atom. The molecule has 0 saturated heterocycles. The van der Waals surface area contributed by atoms with E-state index >= 15 is 0 Å². The molecule has 0 unspecified atom stereocenters. The number of hydrogen-bond acceptors (Lipinski definition) is 4. The molecule has 1 aromatic carbocycles. The molecule has 1 saturated carbocycles. The first-order chi connectivity index (χ1) is 10.0. The van der Waals surface area contributed by atoms with Crippen molar-refractivity contribution in [1.29, 1.82) is 0 Å².